The summed E-state index contributed by atoms with van der Waals surface area (Å²) in [5.41, 5.74) is 5.55. The zero-order chi connectivity index (χ0) is 14.3. The van der Waals surface area contributed by atoms with Gasteiger partial charge in [0.15, 0.2) is 11.2 Å². The Morgan fingerprint density at radius 1 is 1.25 bits per heavy atom. The second-order valence-electron chi connectivity index (χ2n) is 5.11. The lowest BCUT2D eigenvalue weighted by molar-refractivity contribution is -0.143. The summed E-state index contributed by atoms with van der Waals surface area (Å²) in [4.78, 5) is 36.6. The highest BCUT2D eigenvalue weighted by Gasteiger charge is 2.34. The predicted octanol–water partition coefficient (Wildman–Crippen LogP) is 0.587. The van der Waals surface area contributed by atoms with Gasteiger partial charge in [-0.2, -0.15) is 4.98 Å². The number of aliphatic carboxylic acids is 1. The van der Waals surface area contributed by atoms with Gasteiger partial charge in [-0.25, -0.2) is 4.98 Å². The molecule has 2 aromatic rings. The van der Waals surface area contributed by atoms with Crippen LogP contribution in [0.5, 0.6) is 0 Å². The van der Waals surface area contributed by atoms with Crippen molar-refractivity contribution in [1.82, 2.24) is 19.9 Å². The molecule has 0 bridgehead atoms. The zero-order valence-electron chi connectivity index (χ0n) is 10.7. The molecule has 0 amide bonds. The molecule has 2 heterocycles. The Hall–Kier alpha value is -2.38. The summed E-state index contributed by atoms with van der Waals surface area (Å²) >= 11 is 0. The van der Waals surface area contributed by atoms with E-state index in [-0.39, 0.29) is 23.0 Å². The maximum atomic E-state index is 11.7. The summed E-state index contributed by atoms with van der Waals surface area (Å²) in [6, 6.07) is 0. The molecule has 0 aromatic carbocycles. The predicted molar refractivity (Wildman–Crippen MR) is 71.3 cm³/mol. The Bertz CT molecular complexity index is 719. The molecule has 5 N–H and O–H groups in total. The van der Waals surface area contributed by atoms with E-state index in [2.05, 4.69) is 19.9 Å². The fraction of sp³-hybridized carbons (Fsp3) is 0.500. The van der Waals surface area contributed by atoms with Crippen molar-refractivity contribution in [1.29, 1.82) is 0 Å². The van der Waals surface area contributed by atoms with Gasteiger partial charge in [-0.15, -0.1) is 0 Å². The first-order chi connectivity index (χ1) is 9.56. The molecule has 2 unspecified atom stereocenters. The lowest BCUT2D eigenvalue weighted by atomic mass is 9.79. The number of rotatable bonds is 2. The van der Waals surface area contributed by atoms with Gasteiger partial charge in [0.05, 0.1) is 5.92 Å². The summed E-state index contributed by atoms with van der Waals surface area (Å²) in [6.07, 6.45) is 3.23. The van der Waals surface area contributed by atoms with Crippen LogP contribution in [-0.4, -0.2) is 31.0 Å². The maximum Gasteiger partial charge on any atom is 0.307 e. The molecule has 20 heavy (non-hydrogen) atoms. The van der Waals surface area contributed by atoms with E-state index < -0.39 is 17.4 Å². The van der Waals surface area contributed by atoms with Gasteiger partial charge >= 0.3 is 5.97 Å². The first-order valence-electron chi connectivity index (χ1n) is 6.54. The average Bonchev–Trinajstić information content (AvgIpc) is 2.82. The molecule has 1 fully saturated rings. The van der Waals surface area contributed by atoms with Gasteiger partial charge < -0.3 is 15.8 Å². The van der Waals surface area contributed by atoms with E-state index in [1.165, 1.54) is 0 Å². The molecule has 8 nitrogen and oxygen atoms in total. The molecule has 0 radical (unpaired) electrons. The molecule has 0 spiro atoms. The van der Waals surface area contributed by atoms with Crippen LogP contribution in [0.3, 0.4) is 0 Å². The van der Waals surface area contributed by atoms with Gasteiger partial charge in [-0.05, 0) is 12.8 Å². The molecule has 3 rings (SSSR count). The minimum atomic E-state index is -0.823. The Kier molecular flexibility index (Phi) is 2.92. The number of hydrogen-bond donors (Lipinski definition) is 4. The lowest BCUT2D eigenvalue weighted by Crippen LogP contribution is -2.26. The smallest absolute Gasteiger partial charge is 0.307 e. The molecule has 106 valence electrons. The number of anilines is 1. The summed E-state index contributed by atoms with van der Waals surface area (Å²) in [7, 11) is 0. The fourth-order valence-electron chi connectivity index (χ4n) is 2.87. The molecule has 2 aromatic heterocycles. The number of hydrogen-bond acceptors (Lipinski definition) is 5. The normalized spacial score (nSPS) is 23.0. The Morgan fingerprint density at radius 3 is 2.75 bits per heavy atom. The number of carboxylic acid groups (broad SMARTS) is 1. The van der Waals surface area contributed by atoms with Crippen molar-refractivity contribution in [2.24, 2.45) is 5.92 Å². The van der Waals surface area contributed by atoms with E-state index in [9.17, 15) is 14.7 Å². The van der Waals surface area contributed by atoms with Crippen molar-refractivity contribution in [3.63, 3.8) is 0 Å². The van der Waals surface area contributed by atoms with E-state index in [0.717, 1.165) is 19.3 Å². The first-order valence-corrected chi connectivity index (χ1v) is 6.54. The number of imidazole rings is 1. The third-order valence-corrected chi connectivity index (χ3v) is 3.83. The quantitative estimate of drug-likeness (QED) is 0.633. The number of nitrogens with two attached hydrogens (primary N) is 1. The SMILES string of the molecule is Nc1nc2nc(C3CCCCC3C(=O)O)[nH]c2c(=O)[nH]1. The average molecular weight is 277 g/mol. The van der Waals surface area contributed by atoms with Gasteiger partial charge in [-0.3, -0.25) is 14.6 Å². The number of carboxylic acids is 1. The van der Waals surface area contributed by atoms with Crippen molar-refractivity contribution in [3.05, 3.63) is 16.2 Å². The Labute approximate surface area is 113 Å². The molecule has 8 heteroatoms. The van der Waals surface area contributed by atoms with Gasteiger partial charge in [0.1, 0.15) is 5.82 Å². The Morgan fingerprint density at radius 2 is 2.00 bits per heavy atom. The summed E-state index contributed by atoms with van der Waals surface area (Å²) in [5, 5.41) is 9.30. The largest absolute Gasteiger partial charge is 0.481 e. The third kappa shape index (κ3) is 2.02. The van der Waals surface area contributed by atoms with Crippen molar-refractivity contribution in [3.8, 4) is 0 Å². The molecular formula is C12H15N5O3. The Balaban J connectivity index is 2.07. The van der Waals surface area contributed by atoms with Crippen LogP contribution in [0.25, 0.3) is 11.2 Å². The molecule has 0 saturated heterocycles. The van der Waals surface area contributed by atoms with Crippen LogP contribution >= 0.6 is 0 Å². The molecule has 1 aliphatic rings. The first kappa shape index (κ1) is 12.6. The number of H-pyrrole nitrogens is 2. The number of nitrogens with one attached hydrogen (secondary N) is 2. The molecule has 1 aliphatic carbocycles. The number of aromatic amines is 2. The van der Waals surface area contributed by atoms with Gasteiger partial charge in [0.25, 0.3) is 5.56 Å². The standard InChI is InChI=1S/C12H15N5O3/c13-12-16-9-7(10(18)17-12)14-8(15-9)5-3-1-2-4-6(5)11(19)20/h5-6H,1-4H2,(H,19,20)(H4,13,14,15,16,17,18). The van der Waals surface area contributed by atoms with Crippen LogP contribution < -0.4 is 11.3 Å². The maximum absolute atomic E-state index is 11.7. The van der Waals surface area contributed by atoms with E-state index in [0.29, 0.717) is 12.2 Å². The van der Waals surface area contributed by atoms with Crippen LogP contribution in [0.15, 0.2) is 4.79 Å². The fourth-order valence-corrected chi connectivity index (χ4v) is 2.87. The second kappa shape index (κ2) is 4.62. The monoisotopic (exact) mass is 277 g/mol. The van der Waals surface area contributed by atoms with Crippen molar-refractivity contribution in [2.45, 2.75) is 31.6 Å². The van der Waals surface area contributed by atoms with Gasteiger partial charge in [0, 0.05) is 5.92 Å². The van der Waals surface area contributed by atoms with Crippen LogP contribution in [0.2, 0.25) is 0 Å². The topological polar surface area (TPSA) is 138 Å². The van der Waals surface area contributed by atoms with Crippen molar-refractivity contribution < 1.29 is 9.90 Å². The second-order valence-corrected chi connectivity index (χ2v) is 5.11. The van der Waals surface area contributed by atoms with Crippen LogP contribution in [0.4, 0.5) is 5.95 Å². The van der Waals surface area contributed by atoms with Gasteiger partial charge in [-0.1, -0.05) is 12.8 Å². The molecule has 1 saturated carbocycles. The number of aromatic nitrogens is 4. The van der Waals surface area contributed by atoms with E-state index in [1.54, 1.807) is 0 Å². The number of fused-ring (bicyclic) bond motifs is 1. The summed E-state index contributed by atoms with van der Waals surface area (Å²) in [5.74, 6) is -0.997. The van der Waals surface area contributed by atoms with Crippen molar-refractivity contribution >= 4 is 23.1 Å². The van der Waals surface area contributed by atoms with Gasteiger partial charge in [0.2, 0.25) is 5.95 Å². The minimum absolute atomic E-state index is 0.000946. The van der Waals surface area contributed by atoms with E-state index in [4.69, 9.17) is 5.73 Å². The lowest BCUT2D eigenvalue weighted by Gasteiger charge is -2.26. The van der Waals surface area contributed by atoms with Crippen LogP contribution in [-0.2, 0) is 4.79 Å². The molecule has 0 aliphatic heterocycles. The van der Waals surface area contributed by atoms with Crippen LogP contribution in [0, 0.1) is 5.92 Å². The van der Waals surface area contributed by atoms with E-state index >= 15 is 0 Å². The highest BCUT2D eigenvalue weighted by Crippen LogP contribution is 2.36. The highest BCUT2D eigenvalue weighted by molar-refractivity contribution is 5.73. The highest BCUT2D eigenvalue weighted by atomic mass is 16.4. The number of nitrogens with zero attached hydrogens (tertiary/aromatic N) is 2. The summed E-state index contributed by atoms with van der Waals surface area (Å²) in [6.45, 7) is 0. The number of carbonyl (C=O) groups is 1. The zero-order valence-corrected chi connectivity index (χ0v) is 10.7. The molecule has 2 atom stereocenters. The van der Waals surface area contributed by atoms with Crippen molar-refractivity contribution in [2.75, 3.05) is 5.73 Å². The minimum Gasteiger partial charge on any atom is -0.481 e. The summed E-state index contributed by atoms with van der Waals surface area (Å²) < 4.78 is 0. The van der Waals surface area contributed by atoms with Crippen LogP contribution in [0.1, 0.15) is 37.4 Å². The number of nitrogen functional groups attached to an aromatic ring is 1. The van der Waals surface area contributed by atoms with E-state index in [1.807, 2.05) is 0 Å². The molecular weight excluding hydrogens is 262 g/mol. The third-order valence-electron chi connectivity index (χ3n) is 3.83.